The summed E-state index contributed by atoms with van der Waals surface area (Å²) in [6.45, 7) is 1.84. The number of nitrogens with two attached hydrogens (primary N) is 1. The topological polar surface area (TPSA) is 58.4 Å². The minimum atomic E-state index is -0.0345. The van der Waals surface area contributed by atoms with E-state index in [0.717, 1.165) is 25.9 Å². The SMILES string of the molecule is NNC(=O)C1CCN(c2ccccc2)CC1. The Morgan fingerprint density at radius 3 is 2.44 bits per heavy atom. The number of carbonyl (C=O) groups is 1. The zero-order valence-electron chi connectivity index (χ0n) is 9.23. The van der Waals surface area contributed by atoms with Crippen molar-refractivity contribution >= 4 is 11.6 Å². The van der Waals surface area contributed by atoms with Crippen molar-refractivity contribution < 1.29 is 4.79 Å². The second-order valence-electron chi connectivity index (χ2n) is 4.11. The van der Waals surface area contributed by atoms with Crippen LogP contribution in [0.25, 0.3) is 0 Å². The number of anilines is 1. The smallest absolute Gasteiger partial charge is 0.237 e. The van der Waals surface area contributed by atoms with Crippen molar-refractivity contribution in [3.05, 3.63) is 30.3 Å². The summed E-state index contributed by atoms with van der Waals surface area (Å²) in [5.41, 5.74) is 3.46. The lowest BCUT2D eigenvalue weighted by atomic mass is 9.96. The molecule has 0 bridgehead atoms. The molecule has 1 aromatic rings. The molecule has 3 N–H and O–H groups in total. The molecule has 4 nitrogen and oxygen atoms in total. The first-order chi connectivity index (χ1) is 7.81. The largest absolute Gasteiger partial charge is 0.371 e. The van der Waals surface area contributed by atoms with E-state index >= 15 is 0 Å². The summed E-state index contributed by atoms with van der Waals surface area (Å²) in [6.07, 6.45) is 1.75. The molecule has 0 radical (unpaired) electrons. The lowest BCUT2D eigenvalue weighted by Crippen LogP contribution is -2.42. The molecule has 0 aromatic heterocycles. The fourth-order valence-electron chi connectivity index (χ4n) is 2.16. The van der Waals surface area contributed by atoms with Crippen molar-refractivity contribution in [3.8, 4) is 0 Å². The maximum Gasteiger partial charge on any atom is 0.237 e. The van der Waals surface area contributed by atoms with Gasteiger partial charge in [-0.05, 0) is 25.0 Å². The normalized spacial score (nSPS) is 17.2. The number of nitrogens with zero attached hydrogens (tertiary/aromatic N) is 1. The Hall–Kier alpha value is -1.55. The van der Waals surface area contributed by atoms with Crippen molar-refractivity contribution in [2.75, 3.05) is 18.0 Å². The van der Waals surface area contributed by atoms with Crippen LogP contribution in [-0.4, -0.2) is 19.0 Å². The van der Waals surface area contributed by atoms with Crippen molar-refractivity contribution in [3.63, 3.8) is 0 Å². The molecule has 1 saturated heterocycles. The van der Waals surface area contributed by atoms with Crippen LogP contribution in [0.3, 0.4) is 0 Å². The number of carbonyl (C=O) groups excluding carboxylic acids is 1. The van der Waals surface area contributed by atoms with Crippen molar-refractivity contribution in [1.29, 1.82) is 0 Å². The minimum absolute atomic E-state index is 0.0345. The maximum absolute atomic E-state index is 11.4. The van der Waals surface area contributed by atoms with E-state index in [4.69, 9.17) is 5.84 Å². The second kappa shape index (κ2) is 4.99. The summed E-state index contributed by atoms with van der Waals surface area (Å²) < 4.78 is 0. The number of para-hydroxylation sites is 1. The number of benzene rings is 1. The maximum atomic E-state index is 11.4. The van der Waals surface area contributed by atoms with E-state index in [1.807, 2.05) is 18.2 Å². The Labute approximate surface area is 95.4 Å². The van der Waals surface area contributed by atoms with Crippen LogP contribution in [-0.2, 0) is 4.79 Å². The van der Waals surface area contributed by atoms with Gasteiger partial charge in [-0.3, -0.25) is 10.2 Å². The van der Waals surface area contributed by atoms with Gasteiger partial charge >= 0.3 is 0 Å². The van der Waals surface area contributed by atoms with Gasteiger partial charge in [0.05, 0.1) is 0 Å². The third-order valence-corrected chi connectivity index (χ3v) is 3.13. The van der Waals surface area contributed by atoms with Gasteiger partial charge in [-0.15, -0.1) is 0 Å². The van der Waals surface area contributed by atoms with Crippen molar-refractivity contribution in [1.82, 2.24) is 5.43 Å². The molecule has 1 aromatic carbocycles. The van der Waals surface area contributed by atoms with Crippen molar-refractivity contribution in [2.45, 2.75) is 12.8 Å². The Morgan fingerprint density at radius 1 is 1.25 bits per heavy atom. The molecule has 4 heteroatoms. The summed E-state index contributed by atoms with van der Waals surface area (Å²) in [4.78, 5) is 13.7. The predicted octanol–water partition coefficient (Wildman–Crippen LogP) is 0.893. The molecule has 1 amide bonds. The molecule has 1 aliphatic rings. The third-order valence-electron chi connectivity index (χ3n) is 3.13. The van der Waals surface area contributed by atoms with Crippen molar-refractivity contribution in [2.24, 2.45) is 11.8 Å². The molecule has 0 unspecified atom stereocenters. The molecule has 2 rings (SSSR count). The van der Waals surface area contributed by atoms with E-state index < -0.39 is 0 Å². The molecule has 1 aliphatic heterocycles. The van der Waals surface area contributed by atoms with Gasteiger partial charge < -0.3 is 4.90 Å². The minimum Gasteiger partial charge on any atom is -0.371 e. The monoisotopic (exact) mass is 219 g/mol. The van der Waals surface area contributed by atoms with E-state index in [1.54, 1.807) is 0 Å². The Morgan fingerprint density at radius 2 is 1.88 bits per heavy atom. The zero-order chi connectivity index (χ0) is 11.4. The molecule has 1 fully saturated rings. The van der Waals surface area contributed by atoms with E-state index in [2.05, 4.69) is 22.5 Å². The van der Waals surface area contributed by atoms with E-state index in [1.165, 1.54) is 5.69 Å². The highest BCUT2D eigenvalue weighted by atomic mass is 16.2. The number of hydrogen-bond donors (Lipinski definition) is 2. The molecular formula is C12H17N3O. The summed E-state index contributed by atoms with van der Waals surface area (Å²) in [5, 5.41) is 0. The van der Waals surface area contributed by atoms with Gasteiger partial charge in [0.2, 0.25) is 5.91 Å². The first kappa shape index (κ1) is 11.0. The highest BCUT2D eigenvalue weighted by Gasteiger charge is 2.24. The van der Waals surface area contributed by atoms with Crippen LogP contribution in [0.1, 0.15) is 12.8 Å². The summed E-state index contributed by atoms with van der Waals surface area (Å²) >= 11 is 0. The standard InChI is InChI=1S/C12H17N3O/c13-14-12(16)10-6-8-15(9-7-10)11-4-2-1-3-5-11/h1-5,10H,6-9,13H2,(H,14,16). The Kier molecular flexibility index (Phi) is 3.41. The van der Waals surface area contributed by atoms with Gasteiger partial charge in [0.25, 0.3) is 0 Å². The molecule has 0 spiro atoms. The van der Waals surface area contributed by atoms with Gasteiger partial charge in [-0.1, -0.05) is 18.2 Å². The highest BCUT2D eigenvalue weighted by molar-refractivity contribution is 5.78. The summed E-state index contributed by atoms with van der Waals surface area (Å²) in [6, 6.07) is 10.3. The molecule has 16 heavy (non-hydrogen) atoms. The summed E-state index contributed by atoms with van der Waals surface area (Å²) in [7, 11) is 0. The fraction of sp³-hybridized carbons (Fsp3) is 0.417. The van der Waals surface area contributed by atoms with E-state index in [-0.39, 0.29) is 11.8 Å². The molecule has 0 aliphatic carbocycles. The number of nitrogens with one attached hydrogen (secondary N) is 1. The molecule has 86 valence electrons. The number of hydrazine groups is 1. The van der Waals surface area contributed by atoms with Crippen LogP contribution < -0.4 is 16.2 Å². The quantitative estimate of drug-likeness (QED) is 0.441. The number of amides is 1. The third kappa shape index (κ3) is 2.33. The van der Waals surface area contributed by atoms with Gasteiger partial charge in [-0.25, -0.2) is 5.84 Å². The average molecular weight is 219 g/mol. The zero-order valence-corrected chi connectivity index (χ0v) is 9.23. The van der Waals surface area contributed by atoms with E-state index in [0.29, 0.717) is 0 Å². The van der Waals surface area contributed by atoms with Crippen LogP contribution in [0.2, 0.25) is 0 Å². The van der Waals surface area contributed by atoms with Crippen LogP contribution in [0.15, 0.2) is 30.3 Å². The molecule has 1 heterocycles. The van der Waals surface area contributed by atoms with Crippen LogP contribution in [0.5, 0.6) is 0 Å². The highest BCUT2D eigenvalue weighted by Crippen LogP contribution is 2.22. The van der Waals surface area contributed by atoms with Gasteiger partial charge in [-0.2, -0.15) is 0 Å². The van der Waals surface area contributed by atoms with Crippen LogP contribution in [0, 0.1) is 5.92 Å². The Balaban J connectivity index is 1.93. The Bertz CT molecular complexity index is 345. The average Bonchev–Trinajstić information content (AvgIpc) is 2.39. The second-order valence-corrected chi connectivity index (χ2v) is 4.11. The first-order valence-electron chi connectivity index (χ1n) is 5.61. The van der Waals surface area contributed by atoms with Gasteiger partial charge in [0.1, 0.15) is 0 Å². The van der Waals surface area contributed by atoms with E-state index in [9.17, 15) is 4.79 Å². The predicted molar refractivity (Wildman–Crippen MR) is 63.7 cm³/mol. The number of hydrogen-bond acceptors (Lipinski definition) is 3. The lowest BCUT2D eigenvalue weighted by molar-refractivity contribution is -0.125. The molecule has 0 atom stereocenters. The first-order valence-corrected chi connectivity index (χ1v) is 5.61. The van der Waals surface area contributed by atoms with Gasteiger partial charge in [0, 0.05) is 24.7 Å². The van der Waals surface area contributed by atoms with Gasteiger partial charge in [0.15, 0.2) is 0 Å². The van der Waals surface area contributed by atoms with Crippen LogP contribution in [0.4, 0.5) is 5.69 Å². The van der Waals surface area contributed by atoms with Crippen LogP contribution >= 0.6 is 0 Å². The lowest BCUT2D eigenvalue weighted by Gasteiger charge is -2.32. The molecule has 0 saturated carbocycles. The molecular weight excluding hydrogens is 202 g/mol. The number of rotatable bonds is 2. The fourth-order valence-corrected chi connectivity index (χ4v) is 2.16. The number of piperidine rings is 1. The summed E-state index contributed by atoms with van der Waals surface area (Å²) in [5.74, 6) is 5.18.